The number of pyridine rings is 1. The number of aryl methyl sites for hydroxylation is 2. The molecular weight excluding hydrogens is 711 g/mol. The van der Waals surface area contributed by atoms with Gasteiger partial charge in [-0.15, -0.1) is 17.5 Å². The number of benzene rings is 3. The molecule has 231 valence electrons. The van der Waals surface area contributed by atoms with Gasteiger partial charge in [0.25, 0.3) is 0 Å². The fraction of sp³-hybridized carbons (Fsp3) is 0.421. The van der Waals surface area contributed by atoms with Crippen LogP contribution >= 0.6 is 0 Å². The molecule has 0 saturated carbocycles. The summed E-state index contributed by atoms with van der Waals surface area (Å²) in [6.45, 7) is 16.9. The molecule has 43 heavy (non-hydrogen) atoms. The van der Waals surface area contributed by atoms with Crippen LogP contribution in [0.4, 0.5) is 0 Å². The van der Waals surface area contributed by atoms with Crippen molar-refractivity contribution < 1.29 is 34.7 Å². The van der Waals surface area contributed by atoms with Crippen molar-refractivity contribution in [3.63, 3.8) is 0 Å². The van der Waals surface area contributed by atoms with E-state index in [4.69, 9.17) is 9.72 Å². The van der Waals surface area contributed by atoms with Crippen molar-refractivity contribution in [2.75, 3.05) is 0 Å². The second-order valence-electron chi connectivity index (χ2n) is 12.0. The maximum atomic E-state index is 11.7. The number of ether oxygens (including phenoxy) is 1. The van der Waals surface area contributed by atoms with Crippen molar-refractivity contribution in [2.24, 2.45) is 17.8 Å². The van der Waals surface area contributed by atoms with E-state index in [0.29, 0.717) is 5.92 Å². The summed E-state index contributed by atoms with van der Waals surface area (Å²) in [5, 5.41) is 14.4. The van der Waals surface area contributed by atoms with Crippen molar-refractivity contribution >= 4 is 27.3 Å². The Hall–Kier alpha value is -3.01. The normalized spacial score (nSPS) is 12.2. The van der Waals surface area contributed by atoms with Crippen LogP contribution in [0.25, 0.3) is 32.8 Å². The second-order valence-corrected chi connectivity index (χ2v) is 12.0. The Bertz CT molecular complexity index is 1610. The molecular formula is C38H46IrNO3-. The van der Waals surface area contributed by atoms with Crippen molar-refractivity contribution in [2.45, 2.75) is 87.5 Å². The molecule has 1 aliphatic heterocycles. The molecule has 1 N–H and O–H groups in total. The summed E-state index contributed by atoms with van der Waals surface area (Å²) in [5.74, 6) is 2.97. The average molecular weight is 757 g/mol. The zero-order valence-corrected chi connectivity index (χ0v) is 29.3. The Morgan fingerprint density at radius 1 is 0.977 bits per heavy atom. The minimum Gasteiger partial charge on any atom is -0.512 e. The summed E-state index contributed by atoms with van der Waals surface area (Å²) in [7, 11) is 0. The minimum atomic E-state index is 0. The third-order valence-corrected chi connectivity index (χ3v) is 8.54. The third-order valence-electron chi connectivity index (χ3n) is 8.54. The van der Waals surface area contributed by atoms with Gasteiger partial charge in [-0.2, -0.15) is 0 Å². The molecule has 1 aliphatic rings. The number of aliphatic hydroxyl groups excluding tert-OH is 1. The number of aromatic nitrogens is 1. The molecule has 4 aromatic rings. The van der Waals surface area contributed by atoms with Crippen LogP contribution in [0.2, 0.25) is 0 Å². The summed E-state index contributed by atoms with van der Waals surface area (Å²) in [6.07, 6.45) is 7.85. The summed E-state index contributed by atoms with van der Waals surface area (Å²) in [4.78, 5) is 16.4. The molecule has 4 nitrogen and oxygen atoms in total. The van der Waals surface area contributed by atoms with E-state index in [1.165, 1.54) is 28.0 Å². The Kier molecular flexibility index (Phi) is 12.1. The van der Waals surface area contributed by atoms with E-state index in [2.05, 4.69) is 70.2 Å². The molecule has 1 radical (unpaired) electrons. The Morgan fingerprint density at radius 2 is 1.65 bits per heavy atom. The Labute approximate surface area is 271 Å². The van der Waals surface area contributed by atoms with Crippen LogP contribution in [0.1, 0.15) is 83.9 Å². The maximum absolute atomic E-state index is 11.7. The predicted molar refractivity (Wildman–Crippen MR) is 175 cm³/mol. The van der Waals surface area contributed by atoms with Crippen LogP contribution in [-0.4, -0.2) is 15.9 Å². The first kappa shape index (κ1) is 34.5. The van der Waals surface area contributed by atoms with Crippen molar-refractivity contribution in [3.8, 4) is 22.8 Å². The van der Waals surface area contributed by atoms with Crippen molar-refractivity contribution in [1.82, 2.24) is 4.98 Å². The molecule has 5 rings (SSSR count). The summed E-state index contributed by atoms with van der Waals surface area (Å²) >= 11 is 0. The zero-order valence-electron chi connectivity index (χ0n) is 26.9. The number of fused-ring (bicyclic) bond motifs is 3. The number of hydrogen-bond donors (Lipinski definition) is 1. The number of carbonyl (C=O) groups is 1. The number of allylic oxidation sites excluding steroid dienone is 2. The van der Waals surface area contributed by atoms with Gasteiger partial charge < -0.3 is 9.84 Å². The van der Waals surface area contributed by atoms with Gasteiger partial charge in [-0.25, -0.2) is 0 Å². The molecule has 0 atom stereocenters. The van der Waals surface area contributed by atoms with Gasteiger partial charge >= 0.3 is 0 Å². The quantitative estimate of drug-likeness (QED) is 0.0924. The molecule has 0 unspecified atom stereocenters. The van der Waals surface area contributed by atoms with Gasteiger partial charge in [0.2, 0.25) is 0 Å². The van der Waals surface area contributed by atoms with Crippen LogP contribution in [-0.2, 0) is 31.3 Å². The predicted octanol–water partition coefficient (Wildman–Crippen LogP) is 10.6. The second kappa shape index (κ2) is 15.1. The van der Waals surface area contributed by atoms with Crippen LogP contribution in [0.3, 0.4) is 0 Å². The number of nitrogens with zero attached hydrogens (tertiary/aromatic N) is 1. The summed E-state index contributed by atoms with van der Waals surface area (Å²) in [5.41, 5.74) is 5.67. The topological polar surface area (TPSA) is 59.4 Å². The first-order valence-corrected chi connectivity index (χ1v) is 15.6. The van der Waals surface area contributed by atoms with Gasteiger partial charge in [0.05, 0.1) is 11.5 Å². The zero-order chi connectivity index (χ0) is 30.6. The summed E-state index contributed by atoms with van der Waals surface area (Å²) < 4.78 is 6.49. The number of aliphatic hydroxyl groups is 1. The fourth-order valence-corrected chi connectivity index (χ4v) is 6.14. The van der Waals surface area contributed by atoms with Gasteiger partial charge in [0.1, 0.15) is 5.75 Å². The standard InChI is InChI=1S/C25H22NO.C13H24O2.Ir/c1-14(2)10-17-11-19-8-9-26-24-20-13-18-7-5-6-15(3)22(18)16(4)25(20)27-21(12-17)23(19)24;1-5-10(6-2)12(14)9-13(15)11(7-3)8-4;/h5-9,11-12,14H,10H2,1-4H3;9-11,14H,5-8H2,1-4H3;/q-1;;/b;12-9-;. The van der Waals surface area contributed by atoms with E-state index < -0.39 is 0 Å². The van der Waals surface area contributed by atoms with Crippen LogP contribution in [0, 0.1) is 37.7 Å². The number of carbonyl (C=O) groups excluding carboxylic acids is 1. The van der Waals surface area contributed by atoms with Crippen LogP contribution in [0.15, 0.2) is 54.4 Å². The SMILES string of the molecule is CCC(CC)C(=O)/C=C(\O)C(CC)CC.Cc1cccc2[c-]c3c(c(C)c12)Oc1cc(CC(C)C)cc2ccnc-3c12.[Ir]. The first-order chi connectivity index (χ1) is 20.1. The number of hydrogen-bond acceptors (Lipinski definition) is 4. The molecule has 5 heteroatoms. The van der Waals surface area contributed by atoms with Crippen LogP contribution in [0.5, 0.6) is 11.5 Å². The molecule has 2 heterocycles. The monoisotopic (exact) mass is 757 g/mol. The molecule has 0 bridgehead atoms. The number of ketones is 1. The van der Waals surface area contributed by atoms with Crippen molar-refractivity contribution in [3.05, 3.63) is 77.2 Å². The van der Waals surface area contributed by atoms with E-state index in [-0.39, 0.29) is 43.5 Å². The molecule has 0 amide bonds. The smallest absolute Gasteiger partial charge is 0.162 e. The van der Waals surface area contributed by atoms with E-state index in [9.17, 15) is 9.90 Å². The Morgan fingerprint density at radius 3 is 2.28 bits per heavy atom. The maximum Gasteiger partial charge on any atom is 0.162 e. The molecule has 0 spiro atoms. The molecule has 1 aromatic heterocycles. The van der Waals surface area contributed by atoms with Crippen molar-refractivity contribution in [1.29, 1.82) is 0 Å². The van der Waals surface area contributed by atoms with Gasteiger partial charge in [-0.05, 0) is 75.0 Å². The minimum absolute atomic E-state index is 0. The Balaban J connectivity index is 0.000000274. The molecule has 0 saturated heterocycles. The van der Waals surface area contributed by atoms with Crippen LogP contribution < -0.4 is 4.74 Å². The van der Waals surface area contributed by atoms with Gasteiger partial charge in [-0.3, -0.25) is 9.78 Å². The average Bonchev–Trinajstić information content (AvgIpc) is 2.95. The van der Waals surface area contributed by atoms with E-state index >= 15 is 0 Å². The summed E-state index contributed by atoms with van der Waals surface area (Å²) in [6, 6.07) is 16.5. The van der Waals surface area contributed by atoms with Gasteiger partial charge in [0, 0.05) is 55.3 Å². The van der Waals surface area contributed by atoms with Gasteiger partial charge in [-0.1, -0.05) is 81.8 Å². The molecule has 3 aromatic carbocycles. The molecule has 0 aliphatic carbocycles. The largest absolute Gasteiger partial charge is 0.512 e. The third kappa shape index (κ3) is 7.39. The van der Waals surface area contributed by atoms with E-state index in [1.54, 1.807) is 0 Å². The number of rotatable bonds is 9. The van der Waals surface area contributed by atoms with E-state index in [0.717, 1.165) is 71.2 Å². The van der Waals surface area contributed by atoms with E-state index in [1.807, 2.05) is 33.9 Å². The molecule has 0 fully saturated rings. The van der Waals surface area contributed by atoms with Gasteiger partial charge in [0.15, 0.2) is 5.78 Å². The first-order valence-electron chi connectivity index (χ1n) is 15.6. The fourth-order valence-electron chi connectivity index (χ4n) is 6.14.